The molecule has 2 aromatic carbocycles. The monoisotopic (exact) mass is 430 g/mol. The lowest BCUT2D eigenvalue weighted by atomic mass is 9.70. The summed E-state index contributed by atoms with van der Waals surface area (Å²) in [5, 5.41) is 21.4. The van der Waals surface area contributed by atoms with Gasteiger partial charge in [0.15, 0.2) is 0 Å². The highest BCUT2D eigenvalue weighted by Crippen LogP contribution is 2.39. The number of benzene rings is 2. The zero-order chi connectivity index (χ0) is 22.4. The standard InChI is InChI=1S/C28H31FN2O/c29-26-15-13-25(14-16-26)28(32)18-20-31(22-28)19-8-7-17-27(21-30,23-9-3-1-4-10-23)24-11-5-2-6-12-24/h1,3-5,9-16,32H,2,6-8,17-20,22H2. The van der Waals surface area contributed by atoms with Gasteiger partial charge in [0.1, 0.15) is 16.8 Å². The Morgan fingerprint density at radius 2 is 1.84 bits per heavy atom. The second kappa shape index (κ2) is 9.81. The van der Waals surface area contributed by atoms with Gasteiger partial charge >= 0.3 is 0 Å². The Bertz CT molecular complexity index is 1010. The van der Waals surface area contributed by atoms with Crippen LogP contribution >= 0.6 is 0 Å². The van der Waals surface area contributed by atoms with E-state index in [9.17, 15) is 14.8 Å². The summed E-state index contributed by atoms with van der Waals surface area (Å²) in [5.74, 6) is -0.283. The third kappa shape index (κ3) is 4.70. The maximum atomic E-state index is 13.2. The van der Waals surface area contributed by atoms with Gasteiger partial charge in [-0.1, -0.05) is 60.7 Å². The number of β-amino-alcohol motifs (C(OH)–C–C–N with tert-alkyl or cyclic N) is 1. The van der Waals surface area contributed by atoms with Gasteiger partial charge in [0.2, 0.25) is 0 Å². The lowest BCUT2D eigenvalue weighted by Gasteiger charge is -2.30. The molecule has 1 saturated heterocycles. The molecule has 0 aromatic heterocycles. The largest absolute Gasteiger partial charge is 0.384 e. The Hall–Kier alpha value is -2.74. The molecule has 3 nitrogen and oxygen atoms in total. The van der Waals surface area contributed by atoms with Crippen LogP contribution in [0.1, 0.15) is 49.7 Å². The maximum Gasteiger partial charge on any atom is 0.123 e. The van der Waals surface area contributed by atoms with E-state index in [0.717, 1.165) is 61.9 Å². The first-order valence-corrected chi connectivity index (χ1v) is 11.6. The van der Waals surface area contributed by atoms with Gasteiger partial charge in [0, 0.05) is 13.1 Å². The quantitative estimate of drug-likeness (QED) is 0.552. The number of allylic oxidation sites excluding steroid dienone is 4. The minimum Gasteiger partial charge on any atom is -0.384 e. The van der Waals surface area contributed by atoms with Crippen molar-refractivity contribution in [2.24, 2.45) is 0 Å². The third-order valence-electron chi connectivity index (χ3n) is 6.93. The van der Waals surface area contributed by atoms with Crippen molar-refractivity contribution in [1.82, 2.24) is 4.90 Å². The van der Waals surface area contributed by atoms with Gasteiger partial charge in [-0.3, -0.25) is 0 Å². The van der Waals surface area contributed by atoms with Gasteiger partial charge in [0.25, 0.3) is 0 Å². The molecule has 0 amide bonds. The van der Waals surface area contributed by atoms with E-state index in [2.05, 4.69) is 41.3 Å². The molecule has 2 aliphatic rings. The number of halogens is 1. The molecule has 2 atom stereocenters. The molecular weight excluding hydrogens is 399 g/mol. The van der Waals surface area contributed by atoms with Crippen molar-refractivity contribution in [2.75, 3.05) is 19.6 Å². The molecule has 1 aliphatic carbocycles. The van der Waals surface area contributed by atoms with Crippen molar-refractivity contribution in [1.29, 1.82) is 5.26 Å². The highest BCUT2D eigenvalue weighted by molar-refractivity contribution is 5.49. The Kier molecular flexibility index (Phi) is 6.89. The molecule has 0 saturated carbocycles. The van der Waals surface area contributed by atoms with E-state index in [4.69, 9.17) is 0 Å². The number of hydrogen-bond donors (Lipinski definition) is 1. The molecule has 1 heterocycles. The second-order valence-electron chi connectivity index (χ2n) is 9.04. The maximum absolute atomic E-state index is 13.2. The predicted octanol–water partition coefficient (Wildman–Crippen LogP) is 5.63. The van der Waals surface area contributed by atoms with Gasteiger partial charge in [-0.05, 0) is 73.9 Å². The van der Waals surface area contributed by atoms with E-state index < -0.39 is 11.0 Å². The molecule has 0 bridgehead atoms. The molecule has 0 spiro atoms. The van der Waals surface area contributed by atoms with Gasteiger partial charge in [-0.2, -0.15) is 5.26 Å². The van der Waals surface area contributed by atoms with Crippen molar-refractivity contribution in [3.05, 3.63) is 95.3 Å². The summed E-state index contributed by atoms with van der Waals surface area (Å²) >= 11 is 0. The second-order valence-corrected chi connectivity index (χ2v) is 9.04. The summed E-state index contributed by atoms with van der Waals surface area (Å²) < 4.78 is 13.2. The van der Waals surface area contributed by atoms with Crippen LogP contribution in [0.4, 0.5) is 4.39 Å². The first-order chi connectivity index (χ1) is 15.6. The molecule has 1 fully saturated rings. The summed E-state index contributed by atoms with van der Waals surface area (Å²) in [6.45, 7) is 2.27. The average Bonchev–Trinajstić information content (AvgIpc) is 3.23. The van der Waals surface area contributed by atoms with E-state index in [-0.39, 0.29) is 5.82 Å². The Morgan fingerprint density at radius 3 is 2.53 bits per heavy atom. The summed E-state index contributed by atoms with van der Waals surface area (Å²) in [5.41, 5.74) is 1.44. The molecule has 1 aliphatic heterocycles. The molecule has 2 unspecified atom stereocenters. The number of aliphatic hydroxyl groups is 1. The summed E-state index contributed by atoms with van der Waals surface area (Å²) in [6.07, 6.45) is 11.9. The van der Waals surface area contributed by atoms with E-state index in [1.807, 2.05) is 18.2 Å². The van der Waals surface area contributed by atoms with E-state index >= 15 is 0 Å². The first-order valence-electron chi connectivity index (χ1n) is 11.6. The van der Waals surface area contributed by atoms with E-state index in [0.29, 0.717) is 13.0 Å². The van der Waals surface area contributed by atoms with Crippen LogP contribution in [-0.4, -0.2) is 29.6 Å². The van der Waals surface area contributed by atoms with E-state index in [1.165, 1.54) is 12.1 Å². The number of hydrogen-bond acceptors (Lipinski definition) is 3. The fourth-order valence-corrected chi connectivity index (χ4v) is 5.08. The molecule has 2 aromatic rings. The van der Waals surface area contributed by atoms with Crippen LogP contribution in [0.2, 0.25) is 0 Å². The highest BCUT2D eigenvalue weighted by Gasteiger charge is 2.38. The molecule has 4 rings (SSSR count). The fourth-order valence-electron chi connectivity index (χ4n) is 5.08. The SMILES string of the molecule is N#CC(CCCCN1CCC(O)(c2ccc(F)cc2)C1)(C1=CCCC=C1)c1ccccc1. The normalized spacial score (nSPS) is 22.8. The van der Waals surface area contributed by atoms with Gasteiger partial charge < -0.3 is 10.0 Å². The zero-order valence-corrected chi connectivity index (χ0v) is 18.5. The van der Waals surface area contributed by atoms with Crippen LogP contribution < -0.4 is 0 Å². The van der Waals surface area contributed by atoms with Gasteiger partial charge in [-0.15, -0.1) is 0 Å². The van der Waals surface area contributed by atoms with Crippen molar-refractivity contribution in [3.8, 4) is 6.07 Å². The lowest BCUT2D eigenvalue weighted by molar-refractivity contribution is 0.0459. The smallest absolute Gasteiger partial charge is 0.123 e. The van der Waals surface area contributed by atoms with Crippen molar-refractivity contribution in [3.63, 3.8) is 0 Å². The number of nitrogens with zero attached hydrogens (tertiary/aromatic N) is 2. The average molecular weight is 431 g/mol. The topological polar surface area (TPSA) is 47.3 Å². The number of likely N-dealkylation sites (tertiary alicyclic amines) is 1. The first kappa shape index (κ1) is 22.5. The Morgan fingerprint density at radius 1 is 1.06 bits per heavy atom. The van der Waals surface area contributed by atoms with Crippen LogP contribution in [0.15, 0.2) is 78.4 Å². The predicted molar refractivity (Wildman–Crippen MR) is 125 cm³/mol. The van der Waals surface area contributed by atoms with Gasteiger partial charge in [-0.25, -0.2) is 4.39 Å². The van der Waals surface area contributed by atoms with Crippen LogP contribution in [0, 0.1) is 17.1 Å². The summed E-state index contributed by atoms with van der Waals surface area (Å²) in [6, 6.07) is 19.0. The number of rotatable bonds is 8. The van der Waals surface area contributed by atoms with Crippen LogP contribution in [0.5, 0.6) is 0 Å². The van der Waals surface area contributed by atoms with Gasteiger partial charge in [0.05, 0.1) is 6.07 Å². The molecular formula is C28H31FN2O. The summed E-state index contributed by atoms with van der Waals surface area (Å²) in [7, 11) is 0. The highest BCUT2D eigenvalue weighted by atomic mass is 19.1. The van der Waals surface area contributed by atoms with Crippen LogP contribution in [-0.2, 0) is 11.0 Å². The van der Waals surface area contributed by atoms with Crippen molar-refractivity contribution < 1.29 is 9.50 Å². The summed E-state index contributed by atoms with van der Waals surface area (Å²) in [4.78, 5) is 2.28. The minimum absolute atomic E-state index is 0.283. The van der Waals surface area contributed by atoms with E-state index in [1.54, 1.807) is 12.1 Å². The number of nitriles is 1. The molecule has 0 radical (unpaired) electrons. The molecule has 32 heavy (non-hydrogen) atoms. The van der Waals surface area contributed by atoms with Crippen molar-refractivity contribution >= 4 is 0 Å². The zero-order valence-electron chi connectivity index (χ0n) is 18.5. The number of unbranched alkanes of at least 4 members (excludes halogenated alkanes) is 1. The van der Waals surface area contributed by atoms with Crippen LogP contribution in [0.3, 0.4) is 0 Å². The lowest BCUT2D eigenvalue weighted by Crippen LogP contribution is -2.31. The molecule has 4 heteroatoms. The Balaban J connectivity index is 1.38. The molecule has 166 valence electrons. The fraction of sp³-hybridized carbons (Fsp3) is 0.393. The Labute approximate surface area is 190 Å². The third-order valence-corrected chi connectivity index (χ3v) is 6.93. The van der Waals surface area contributed by atoms with Crippen LogP contribution in [0.25, 0.3) is 0 Å². The molecule has 1 N–H and O–H groups in total. The van der Waals surface area contributed by atoms with Crippen molar-refractivity contribution in [2.45, 2.75) is 49.5 Å². The minimum atomic E-state index is -0.911.